The summed E-state index contributed by atoms with van der Waals surface area (Å²) in [5.41, 5.74) is 0.237. The normalized spacial score (nSPS) is 16.8. The molecule has 1 saturated heterocycles. The van der Waals surface area contributed by atoms with Crippen molar-refractivity contribution in [3.8, 4) is 0 Å². The minimum atomic E-state index is -0.560. The lowest BCUT2D eigenvalue weighted by Crippen LogP contribution is -2.35. The second-order valence-corrected chi connectivity index (χ2v) is 4.14. The van der Waals surface area contributed by atoms with Gasteiger partial charge in [-0.05, 0) is 32.9 Å². The van der Waals surface area contributed by atoms with E-state index in [4.69, 9.17) is 0 Å². The van der Waals surface area contributed by atoms with E-state index in [0.29, 0.717) is 0 Å². The molecule has 0 radical (unpaired) electrons. The van der Waals surface area contributed by atoms with Gasteiger partial charge in [0.2, 0.25) is 5.91 Å². The second kappa shape index (κ2) is 5.18. The number of anilines is 1. The molecule has 0 atom stereocenters. The van der Waals surface area contributed by atoms with Crippen LogP contribution in [-0.2, 0) is 4.79 Å². The first-order valence-electron chi connectivity index (χ1n) is 5.67. The van der Waals surface area contributed by atoms with Crippen LogP contribution in [0.1, 0.15) is 18.5 Å². The molecule has 2 rings (SSSR count). The van der Waals surface area contributed by atoms with Gasteiger partial charge in [-0.1, -0.05) is 0 Å². The molecule has 0 unspecified atom stereocenters. The van der Waals surface area contributed by atoms with Crippen LogP contribution in [0.5, 0.6) is 0 Å². The summed E-state index contributed by atoms with van der Waals surface area (Å²) in [5, 5.41) is 5.70. The molecule has 2 heterocycles. The maximum atomic E-state index is 13.6. The number of nitrogens with one attached hydrogen (secondary N) is 2. The molecule has 17 heavy (non-hydrogen) atoms. The summed E-state index contributed by atoms with van der Waals surface area (Å²) in [7, 11) is 0. The lowest BCUT2D eigenvalue weighted by atomic mass is 9.97. The number of carbonyl (C=O) groups excluding carboxylic acids is 1. The van der Waals surface area contributed by atoms with Crippen molar-refractivity contribution in [1.82, 2.24) is 15.3 Å². The highest BCUT2D eigenvalue weighted by atomic mass is 19.1. The number of aryl methyl sites for hydroxylation is 1. The molecule has 1 aliphatic rings. The number of carbonyl (C=O) groups is 1. The zero-order chi connectivity index (χ0) is 12.3. The van der Waals surface area contributed by atoms with Crippen molar-refractivity contribution in [2.75, 3.05) is 18.4 Å². The Kier molecular flexibility index (Phi) is 3.63. The van der Waals surface area contributed by atoms with Gasteiger partial charge in [-0.2, -0.15) is 0 Å². The van der Waals surface area contributed by atoms with E-state index in [1.165, 1.54) is 13.3 Å². The third-order valence-corrected chi connectivity index (χ3v) is 2.92. The van der Waals surface area contributed by atoms with E-state index in [9.17, 15) is 9.18 Å². The van der Waals surface area contributed by atoms with Crippen LogP contribution in [0.15, 0.2) is 6.33 Å². The van der Waals surface area contributed by atoms with Crippen molar-refractivity contribution in [2.24, 2.45) is 5.92 Å². The Morgan fingerprint density at radius 1 is 1.47 bits per heavy atom. The predicted octanol–water partition coefficient (Wildman–Crippen LogP) is 0.862. The quantitative estimate of drug-likeness (QED) is 0.802. The minimum Gasteiger partial charge on any atom is -0.317 e. The molecule has 5 nitrogen and oxygen atoms in total. The van der Waals surface area contributed by atoms with Crippen LogP contribution in [0.25, 0.3) is 0 Å². The lowest BCUT2D eigenvalue weighted by Gasteiger charge is -2.21. The minimum absolute atomic E-state index is 0.0268. The SMILES string of the molecule is Cc1ncnc(NC(=O)C2CCNCC2)c1F. The van der Waals surface area contributed by atoms with Crippen molar-refractivity contribution in [3.63, 3.8) is 0 Å². The maximum Gasteiger partial charge on any atom is 0.228 e. The number of rotatable bonds is 2. The zero-order valence-electron chi connectivity index (χ0n) is 9.66. The molecule has 1 fully saturated rings. The zero-order valence-corrected chi connectivity index (χ0v) is 9.66. The fourth-order valence-electron chi connectivity index (χ4n) is 1.85. The van der Waals surface area contributed by atoms with E-state index in [0.717, 1.165) is 25.9 Å². The average Bonchev–Trinajstić information content (AvgIpc) is 2.36. The van der Waals surface area contributed by atoms with Gasteiger partial charge in [0, 0.05) is 5.92 Å². The van der Waals surface area contributed by atoms with Crippen molar-refractivity contribution in [2.45, 2.75) is 19.8 Å². The number of piperidine rings is 1. The highest BCUT2D eigenvalue weighted by Crippen LogP contribution is 2.16. The topological polar surface area (TPSA) is 66.9 Å². The van der Waals surface area contributed by atoms with Gasteiger partial charge in [0.25, 0.3) is 0 Å². The Bertz CT molecular complexity index is 418. The first kappa shape index (κ1) is 11.9. The van der Waals surface area contributed by atoms with Gasteiger partial charge in [0.15, 0.2) is 11.6 Å². The number of hydrogen-bond acceptors (Lipinski definition) is 4. The molecule has 1 aromatic rings. The molecule has 0 spiro atoms. The number of halogens is 1. The molecule has 1 aromatic heterocycles. The summed E-state index contributed by atoms with van der Waals surface area (Å²) in [6, 6.07) is 0. The number of amides is 1. The second-order valence-electron chi connectivity index (χ2n) is 4.14. The molecule has 0 bridgehead atoms. The summed E-state index contributed by atoms with van der Waals surface area (Å²) < 4.78 is 13.6. The van der Waals surface area contributed by atoms with Crippen LogP contribution in [-0.4, -0.2) is 29.0 Å². The monoisotopic (exact) mass is 238 g/mol. The molecule has 0 saturated carbocycles. The Balaban J connectivity index is 2.04. The van der Waals surface area contributed by atoms with Crippen molar-refractivity contribution in [3.05, 3.63) is 17.8 Å². The molecule has 92 valence electrons. The van der Waals surface area contributed by atoms with Crippen LogP contribution in [0.2, 0.25) is 0 Å². The average molecular weight is 238 g/mol. The number of nitrogens with zero attached hydrogens (tertiary/aromatic N) is 2. The maximum absolute atomic E-state index is 13.6. The standard InChI is InChI=1S/C11H15FN4O/c1-7-9(12)10(15-6-14-7)16-11(17)8-2-4-13-5-3-8/h6,8,13H,2-5H2,1H3,(H,14,15,16,17). The summed E-state index contributed by atoms with van der Waals surface area (Å²) in [5.74, 6) is -0.815. The Labute approximate surface area is 98.8 Å². The van der Waals surface area contributed by atoms with Gasteiger partial charge < -0.3 is 10.6 Å². The van der Waals surface area contributed by atoms with Crippen LogP contribution < -0.4 is 10.6 Å². The van der Waals surface area contributed by atoms with Crippen LogP contribution in [0.3, 0.4) is 0 Å². The first-order valence-corrected chi connectivity index (χ1v) is 5.67. The lowest BCUT2D eigenvalue weighted by molar-refractivity contribution is -0.120. The van der Waals surface area contributed by atoms with E-state index in [2.05, 4.69) is 20.6 Å². The van der Waals surface area contributed by atoms with Crippen LogP contribution in [0, 0.1) is 18.7 Å². The summed E-state index contributed by atoms with van der Waals surface area (Å²) in [6.45, 7) is 3.18. The molecule has 0 aromatic carbocycles. The molecular formula is C11H15FN4O. The van der Waals surface area contributed by atoms with E-state index < -0.39 is 5.82 Å². The van der Waals surface area contributed by atoms with E-state index in [-0.39, 0.29) is 23.3 Å². The van der Waals surface area contributed by atoms with E-state index >= 15 is 0 Å². The van der Waals surface area contributed by atoms with Gasteiger partial charge in [-0.15, -0.1) is 0 Å². The largest absolute Gasteiger partial charge is 0.317 e. The first-order chi connectivity index (χ1) is 8.18. The van der Waals surface area contributed by atoms with Gasteiger partial charge >= 0.3 is 0 Å². The fraction of sp³-hybridized carbons (Fsp3) is 0.545. The summed E-state index contributed by atoms with van der Waals surface area (Å²) in [4.78, 5) is 19.3. The molecular weight excluding hydrogens is 223 g/mol. The van der Waals surface area contributed by atoms with Gasteiger partial charge in [0.05, 0.1) is 5.69 Å². The predicted molar refractivity (Wildman–Crippen MR) is 61.0 cm³/mol. The molecule has 1 amide bonds. The van der Waals surface area contributed by atoms with E-state index in [1.54, 1.807) is 0 Å². The Morgan fingerprint density at radius 2 is 2.18 bits per heavy atom. The third kappa shape index (κ3) is 2.76. The van der Waals surface area contributed by atoms with Gasteiger partial charge in [0.1, 0.15) is 6.33 Å². The number of hydrogen-bond donors (Lipinski definition) is 2. The van der Waals surface area contributed by atoms with Crippen molar-refractivity contribution >= 4 is 11.7 Å². The summed E-state index contributed by atoms with van der Waals surface area (Å²) in [6.07, 6.45) is 2.80. The highest BCUT2D eigenvalue weighted by molar-refractivity contribution is 5.91. The fourth-order valence-corrected chi connectivity index (χ4v) is 1.85. The van der Waals surface area contributed by atoms with Crippen LogP contribution in [0.4, 0.5) is 10.2 Å². The van der Waals surface area contributed by atoms with Gasteiger partial charge in [-0.3, -0.25) is 4.79 Å². The Hall–Kier alpha value is -1.56. The number of aromatic nitrogens is 2. The molecule has 6 heteroatoms. The van der Waals surface area contributed by atoms with E-state index in [1.807, 2.05) is 0 Å². The highest BCUT2D eigenvalue weighted by Gasteiger charge is 2.22. The molecule has 2 N–H and O–H groups in total. The Morgan fingerprint density at radius 3 is 2.88 bits per heavy atom. The smallest absolute Gasteiger partial charge is 0.228 e. The molecule has 0 aliphatic carbocycles. The van der Waals surface area contributed by atoms with Crippen LogP contribution >= 0.6 is 0 Å². The van der Waals surface area contributed by atoms with Crippen molar-refractivity contribution < 1.29 is 9.18 Å². The van der Waals surface area contributed by atoms with Crippen molar-refractivity contribution in [1.29, 1.82) is 0 Å². The molecule has 1 aliphatic heterocycles. The third-order valence-electron chi connectivity index (χ3n) is 2.92. The van der Waals surface area contributed by atoms with Gasteiger partial charge in [-0.25, -0.2) is 14.4 Å². The summed E-state index contributed by atoms with van der Waals surface area (Å²) >= 11 is 0.